The average molecular weight is 314 g/mol. The number of hydrogen-bond donors (Lipinski definition) is 1. The van der Waals surface area contributed by atoms with Gasteiger partial charge < -0.3 is 5.32 Å². The van der Waals surface area contributed by atoms with Gasteiger partial charge in [0.2, 0.25) is 10.0 Å². The molecule has 0 bridgehead atoms. The fourth-order valence-corrected chi connectivity index (χ4v) is 3.85. The smallest absolute Gasteiger partial charge is 0.214 e. The van der Waals surface area contributed by atoms with E-state index in [0.717, 1.165) is 19.4 Å². The van der Waals surface area contributed by atoms with E-state index in [9.17, 15) is 12.8 Å². The quantitative estimate of drug-likeness (QED) is 0.875. The largest absolute Gasteiger partial charge is 0.314 e. The highest BCUT2D eigenvalue weighted by molar-refractivity contribution is 7.89. The van der Waals surface area contributed by atoms with Crippen LogP contribution in [-0.2, 0) is 16.6 Å². The molecule has 0 aromatic heterocycles. The van der Waals surface area contributed by atoms with Crippen LogP contribution >= 0.6 is 0 Å². The van der Waals surface area contributed by atoms with Crippen LogP contribution < -0.4 is 5.32 Å². The van der Waals surface area contributed by atoms with E-state index in [-0.39, 0.29) is 18.1 Å². The first-order valence-electron chi connectivity index (χ1n) is 7.39. The summed E-state index contributed by atoms with van der Waals surface area (Å²) in [5.74, 6) is -0.207. The monoisotopic (exact) mass is 314 g/mol. The van der Waals surface area contributed by atoms with Gasteiger partial charge in [0, 0.05) is 19.6 Å². The van der Waals surface area contributed by atoms with Crippen LogP contribution in [0.5, 0.6) is 0 Å². The Morgan fingerprint density at radius 2 is 2.19 bits per heavy atom. The van der Waals surface area contributed by atoms with Gasteiger partial charge in [0.25, 0.3) is 0 Å². The minimum atomic E-state index is -3.30. The van der Waals surface area contributed by atoms with Gasteiger partial charge in [-0.3, -0.25) is 0 Å². The number of piperidine rings is 1. The van der Waals surface area contributed by atoms with Crippen molar-refractivity contribution in [3.63, 3.8) is 0 Å². The Balaban J connectivity index is 1.88. The topological polar surface area (TPSA) is 49.4 Å². The van der Waals surface area contributed by atoms with Crippen molar-refractivity contribution in [2.24, 2.45) is 0 Å². The Hall–Kier alpha value is -0.980. The molecule has 1 atom stereocenters. The molecule has 1 saturated heterocycles. The summed E-state index contributed by atoms with van der Waals surface area (Å²) in [6.45, 7) is 1.18. The molecule has 0 saturated carbocycles. The highest BCUT2D eigenvalue weighted by Gasteiger charge is 2.21. The zero-order valence-corrected chi connectivity index (χ0v) is 13.2. The molecule has 1 aliphatic rings. The maximum Gasteiger partial charge on any atom is 0.214 e. The highest BCUT2D eigenvalue weighted by atomic mass is 32.2. The fraction of sp³-hybridized carbons (Fsp3) is 0.600. The van der Waals surface area contributed by atoms with Crippen molar-refractivity contribution in [1.29, 1.82) is 0 Å². The predicted molar refractivity (Wildman–Crippen MR) is 81.9 cm³/mol. The first kappa shape index (κ1) is 16.4. The first-order valence-corrected chi connectivity index (χ1v) is 9.00. The Kier molecular flexibility index (Phi) is 5.72. The van der Waals surface area contributed by atoms with E-state index in [1.54, 1.807) is 19.2 Å². The van der Waals surface area contributed by atoms with E-state index in [1.165, 1.54) is 22.9 Å². The number of halogens is 1. The molecular weight excluding hydrogens is 291 g/mol. The number of nitrogens with zero attached hydrogens (tertiary/aromatic N) is 1. The first-order chi connectivity index (χ1) is 9.97. The molecule has 1 heterocycles. The molecule has 0 amide bonds. The van der Waals surface area contributed by atoms with Crippen LogP contribution in [0.4, 0.5) is 4.39 Å². The van der Waals surface area contributed by atoms with Gasteiger partial charge in [-0.1, -0.05) is 18.6 Å². The van der Waals surface area contributed by atoms with E-state index in [2.05, 4.69) is 5.32 Å². The van der Waals surface area contributed by atoms with Crippen LogP contribution in [0, 0.1) is 5.82 Å². The Morgan fingerprint density at radius 3 is 2.86 bits per heavy atom. The molecule has 1 N–H and O–H groups in total. The molecule has 1 fully saturated rings. The van der Waals surface area contributed by atoms with Gasteiger partial charge in [-0.05, 0) is 43.5 Å². The predicted octanol–water partition coefficient (Wildman–Crippen LogP) is 2.12. The Labute approximate surface area is 126 Å². The van der Waals surface area contributed by atoms with Gasteiger partial charge in [-0.25, -0.2) is 17.1 Å². The highest BCUT2D eigenvalue weighted by Crippen LogP contribution is 2.14. The summed E-state index contributed by atoms with van der Waals surface area (Å²) in [5.41, 5.74) is 0.664. The van der Waals surface area contributed by atoms with Crippen LogP contribution in [0.3, 0.4) is 0 Å². The summed E-state index contributed by atoms with van der Waals surface area (Å²) in [6, 6.07) is 6.35. The lowest BCUT2D eigenvalue weighted by molar-refractivity contribution is 0.388. The Morgan fingerprint density at radius 1 is 1.38 bits per heavy atom. The number of nitrogens with one attached hydrogen (secondary N) is 1. The summed E-state index contributed by atoms with van der Waals surface area (Å²) in [5, 5.41) is 3.36. The second-order valence-corrected chi connectivity index (χ2v) is 7.83. The average Bonchev–Trinajstić information content (AvgIpc) is 2.46. The fourth-order valence-electron chi connectivity index (χ4n) is 2.61. The summed E-state index contributed by atoms with van der Waals surface area (Å²) in [7, 11) is -1.75. The van der Waals surface area contributed by atoms with Crippen molar-refractivity contribution in [3.8, 4) is 0 Å². The molecule has 0 spiro atoms. The van der Waals surface area contributed by atoms with E-state index in [1.807, 2.05) is 0 Å². The summed E-state index contributed by atoms with van der Waals surface area (Å²) in [6.07, 6.45) is 4.01. The molecular formula is C15H23FN2O2S. The molecule has 2 rings (SSSR count). The van der Waals surface area contributed by atoms with Crippen LogP contribution in [0.2, 0.25) is 0 Å². The standard InChI is InChI=1S/C15H23FN2O2S/c1-18(12-13-5-4-6-14(16)11-13)21(19,20)10-8-15-7-2-3-9-17-15/h4-6,11,15,17H,2-3,7-10,12H2,1H3. The van der Waals surface area contributed by atoms with Crippen LogP contribution in [0.1, 0.15) is 31.2 Å². The molecule has 1 aromatic rings. The van der Waals surface area contributed by atoms with E-state index in [0.29, 0.717) is 18.0 Å². The number of rotatable bonds is 6. The van der Waals surface area contributed by atoms with Crippen molar-refractivity contribution in [3.05, 3.63) is 35.6 Å². The maximum atomic E-state index is 13.1. The molecule has 6 heteroatoms. The zero-order valence-electron chi connectivity index (χ0n) is 12.4. The van der Waals surface area contributed by atoms with Gasteiger partial charge in [0.15, 0.2) is 0 Å². The van der Waals surface area contributed by atoms with Crippen molar-refractivity contribution in [2.45, 2.75) is 38.3 Å². The minimum Gasteiger partial charge on any atom is -0.314 e. The third kappa shape index (κ3) is 5.05. The van der Waals surface area contributed by atoms with Gasteiger partial charge in [-0.2, -0.15) is 0 Å². The minimum absolute atomic E-state index is 0.135. The lowest BCUT2D eigenvalue weighted by Gasteiger charge is -2.24. The normalized spacial score (nSPS) is 19.9. The number of sulfonamides is 1. The molecule has 118 valence electrons. The molecule has 1 unspecified atom stereocenters. The molecule has 4 nitrogen and oxygen atoms in total. The Bertz CT molecular complexity index is 557. The lowest BCUT2D eigenvalue weighted by Crippen LogP contribution is -2.37. The summed E-state index contributed by atoms with van der Waals surface area (Å²) >= 11 is 0. The van der Waals surface area contributed by atoms with Crippen LogP contribution in [0.15, 0.2) is 24.3 Å². The molecule has 1 aromatic carbocycles. The van der Waals surface area contributed by atoms with Gasteiger partial charge in [0.05, 0.1) is 5.75 Å². The summed E-state index contributed by atoms with van der Waals surface area (Å²) < 4.78 is 39.0. The van der Waals surface area contributed by atoms with Crippen LogP contribution in [0.25, 0.3) is 0 Å². The van der Waals surface area contributed by atoms with Gasteiger partial charge >= 0.3 is 0 Å². The van der Waals surface area contributed by atoms with Crippen molar-refractivity contribution in [2.75, 3.05) is 19.3 Å². The zero-order chi connectivity index (χ0) is 15.3. The van der Waals surface area contributed by atoms with Crippen LogP contribution in [-0.4, -0.2) is 38.1 Å². The molecule has 21 heavy (non-hydrogen) atoms. The molecule has 0 aliphatic carbocycles. The lowest BCUT2D eigenvalue weighted by atomic mass is 10.0. The maximum absolute atomic E-state index is 13.1. The van der Waals surface area contributed by atoms with Crippen molar-refractivity contribution in [1.82, 2.24) is 9.62 Å². The third-order valence-corrected chi connectivity index (χ3v) is 5.74. The third-order valence-electron chi connectivity index (χ3n) is 3.91. The second kappa shape index (κ2) is 7.33. The molecule has 1 aliphatic heterocycles. The number of benzene rings is 1. The second-order valence-electron chi connectivity index (χ2n) is 5.64. The number of hydrogen-bond acceptors (Lipinski definition) is 3. The van der Waals surface area contributed by atoms with Crippen molar-refractivity contribution < 1.29 is 12.8 Å². The van der Waals surface area contributed by atoms with Gasteiger partial charge in [-0.15, -0.1) is 0 Å². The van der Waals surface area contributed by atoms with Crippen molar-refractivity contribution >= 4 is 10.0 Å². The van der Waals surface area contributed by atoms with E-state index >= 15 is 0 Å². The van der Waals surface area contributed by atoms with Gasteiger partial charge in [0.1, 0.15) is 5.82 Å². The SMILES string of the molecule is CN(Cc1cccc(F)c1)S(=O)(=O)CCC1CCCCN1. The summed E-state index contributed by atoms with van der Waals surface area (Å²) in [4.78, 5) is 0. The van der Waals surface area contributed by atoms with E-state index in [4.69, 9.17) is 0 Å². The molecule has 0 radical (unpaired) electrons. The van der Waals surface area contributed by atoms with E-state index < -0.39 is 10.0 Å².